The highest BCUT2D eigenvalue weighted by Crippen LogP contribution is 2.23. The Bertz CT molecular complexity index is 354. The lowest BCUT2D eigenvalue weighted by atomic mass is 9.95. The van der Waals surface area contributed by atoms with Gasteiger partial charge in [0.1, 0.15) is 9.84 Å². The van der Waals surface area contributed by atoms with Gasteiger partial charge in [-0.3, -0.25) is 0 Å². The maximum atomic E-state index is 11.6. The molecule has 19 heavy (non-hydrogen) atoms. The number of nitrogens with zero attached hydrogens (tertiary/aromatic N) is 1. The van der Waals surface area contributed by atoms with Crippen LogP contribution < -0.4 is 5.32 Å². The summed E-state index contributed by atoms with van der Waals surface area (Å²) >= 11 is 0. The van der Waals surface area contributed by atoms with E-state index >= 15 is 0 Å². The number of hydrogen-bond donors (Lipinski definition) is 1. The lowest BCUT2D eigenvalue weighted by Crippen LogP contribution is -2.40. The summed E-state index contributed by atoms with van der Waals surface area (Å²) in [4.78, 5) is 2.34. The molecule has 5 heteroatoms. The van der Waals surface area contributed by atoms with Crippen LogP contribution in [0.25, 0.3) is 0 Å². The van der Waals surface area contributed by atoms with Gasteiger partial charge in [-0.05, 0) is 59.7 Å². The monoisotopic (exact) mass is 290 g/mol. The zero-order valence-electron chi connectivity index (χ0n) is 12.9. The van der Waals surface area contributed by atoms with Crippen molar-refractivity contribution in [3.8, 4) is 0 Å². The molecule has 1 aliphatic rings. The standard InChI is InChI=1S/C14H30N2O2S/c1-12(2)16(3)10-6-9-15-13-7-5-8-14(11-13)19(4,17)18/h12-15H,5-11H2,1-4H3. The van der Waals surface area contributed by atoms with Crippen LogP contribution in [0.3, 0.4) is 0 Å². The maximum absolute atomic E-state index is 11.6. The van der Waals surface area contributed by atoms with Gasteiger partial charge in [0.15, 0.2) is 0 Å². The topological polar surface area (TPSA) is 49.4 Å². The first-order valence-corrected chi connectivity index (χ1v) is 9.38. The largest absolute Gasteiger partial charge is 0.314 e. The molecule has 0 aromatic carbocycles. The molecule has 0 aliphatic heterocycles. The van der Waals surface area contributed by atoms with Crippen LogP contribution in [0.4, 0.5) is 0 Å². The Hall–Kier alpha value is -0.130. The van der Waals surface area contributed by atoms with Gasteiger partial charge in [-0.15, -0.1) is 0 Å². The zero-order valence-corrected chi connectivity index (χ0v) is 13.7. The van der Waals surface area contributed by atoms with E-state index in [4.69, 9.17) is 0 Å². The minimum atomic E-state index is -2.86. The molecule has 1 N–H and O–H groups in total. The summed E-state index contributed by atoms with van der Waals surface area (Å²) < 4.78 is 23.2. The number of hydrogen-bond acceptors (Lipinski definition) is 4. The van der Waals surface area contributed by atoms with Crippen LogP contribution in [-0.4, -0.2) is 57.0 Å². The molecule has 0 amide bonds. The minimum Gasteiger partial charge on any atom is -0.314 e. The van der Waals surface area contributed by atoms with Gasteiger partial charge in [-0.2, -0.15) is 0 Å². The van der Waals surface area contributed by atoms with Crippen LogP contribution in [-0.2, 0) is 9.84 Å². The van der Waals surface area contributed by atoms with Gasteiger partial charge in [0.25, 0.3) is 0 Å². The molecule has 1 saturated carbocycles. The number of nitrogens with one attached hydrogen (secondary N) is 1. The quantitative estimate of drug-likeness (QED) is 0.725. The van der Waals surface area contributed by atoms with E-state index in [-0.39, 0.29) is 5.25 Å². The first-order valence-electron chi connectivity index (χ1n) is 7.43. The lowest BCUT2D eigenvalue weighted by molar-refractivity contribution is 0.265. The third-order valence-corrected chi connectivity index (χ3v) is 5.87. The second-order valence-corrected chi connectivity index (χ2v) is 8.52. The van der Waals surface area contributed by atoms with Crippen LogP contribution in [0.15, 0.2) is 0 Å². The van der Waals surface area contributed by atoms with Crippen LogP contribution in [0.2, 0.25) is 0 Å². The van der Waals surface area contributed by atoms with Gasteiger partial charge in [0.05, 0.1) is 5.25 Å². The van der Waals surface area contributed by atoms with Crippen LogP contribution in [0, 0.1) is 0 Å². The Morgan fingerprint density at radius 3 is 2.58 bits per heavy atom. The molecule has 114 valence electrons. The SMILES string of the molecule is CC(C)N(C)CCCNC1CCCC(S(C)(=O)=O)C1. The van der Waals surface area contributed by atoms with Crippen LogP contribution >= 0.6 is 0 Å². The normalized spacial score (nSPS) is 25.2. The Kier molecular flexibility index (Phi) is 6.77. The fourth-order valence-electron chi connectivity index (χ4n) is 2.61. The average Bonchev–Trinajstić information content (AvgIpc) is 2.33. The van der Waals surface area contributed by atoms with Crippen molar-refractivity contribution in [3.63, 3.8) is 0 Å². The van der Waals surface area contributed by atoms with E-state index in [9.17, 15) is 8.42 Å². The molecular formula is C14H30N2O2S. The highest BCUT2D eigenvalue weighted by atomic mass is 32.2. The van der Waals surface area contributed by atoms with Crippen molar-refractivity contribution in [1.82, 2.24) is 10.2 Å². The fraction of sp³-hybridized carbons (Fsp3) is 1.00. The summed E-state index contributed by atoms with van der Waals surface area (Å²) in [6.07, 6.45) is 6.27. The smallest absolute Gasteiger partial charge is 0.150 e. The van der Waals surface area contributed by atoms with Crippen molar-refractivity contribution in [2.45, 2.75) is 63.3 Å². The maximum Gasteiger partial charge on any atom is 0.150 e. The lowest BCUT2D eigenvalue weighted by Gasteiger charge is -2.29. The van der Waals surface area contributed by atoms with Crippen molar-refractivity contribution in [1.29, 1.82) is 0 Å². The molecule has 1 fully saturated rings. The molecule has 2 atom stereocenters. The Balaban J connectivity index is 2.23. The van der Waals surface area contributed by atoms with Crippen molar-refractivity contribution < 1.29 is 8.42 Å². The summed E-state index contributed by atoms with van der Waals surface area (Å²) in [7, 11) is -0.718. The molecule has 0 saturated heterocycles. The Morgan fingerprint density at radius 2 is 2.00 bits per heavy atom. The Labute approximate surface area is 118 Å². The second kappa shape index (κ2) is 7.60. The van der Waals surface area contributed by atoms with Crippen molar-refractivity contribution >= 4 is 9.84 Å². The van der Waals surface area contributed by atoms with Crippen molar-refractivity contribution in [2.24, 2.45) is 0 Å². The molecule has 0 heterocycles. The molecule has 0 aromatic heterocycles. The summed E-state index contributed by atoms with van der Waals surface area (Å²) in [6, 6.07) is 0.974. The average molecular weight is 290 g/mol. The van der Waals surface area contributed by atoms with Gasteiger partial charge in [-0.1, -0.05) is 6.42 Å². The van der Waals surface area contributed by atoms with Crippen LogP contribution in [0.5, 0.6) is 0 Å². The molecule has 0 spiro atoms. The summed E-state index contributed by atoms with van der Waals surface area (Å²) in [5.74, 6) is 0. The van der Waals surface area contributed by atoms with E-state index in [1.165, 1.54) is 6.26 Å². The third-order valence-electron chi connectivity index (χ3n) is 4.23. The number of rotatable bonds is 7. The van der Waals surface area contributed by atoms with E-state index < -0.39 is 9.84 Å². The zero-order chi connectivity index (χ0) is 14.5. The van der Waals surface area contributed by atoms with E-state index in [0.29, 0.717) is 12.1 Å². The highest BCUT2D eigenvalue weighted by Gasteiger charge is 2.28. The summed E-state index contributed by atoms with van der Waals surface area (Å²) in [5, 5.41) is 3.40. The van der Waals surface area contributed by atoms with Crippen molar-refractivity contribution in [3.05, 3.63) is 0 Å². The number of sulfone groups is 1. The first-order chi connectivity index (χ1) is 8.80. The van der Waals surface area contributed by atoms with Gasteiger partial charge >= 0.3 is 0 Å². The van der Waals surface area contributed by atoms with Gasteiger partial charge < -0.3 is 10.2 Å². The van der Waals surface area contributed by atoms with Gasteiger partial charge in [-0.25, -0.2) is 8.42 Å². The Morgan fingerprint density at radius 1 is 1.32 bits per heavy atom. The van der Waals surface area contributed by atoms with E-state index in [2.05, 4.69) is 31.1 Å². The predicted molar refractivity (Wildman–Crippen MR) is 81.3 cm³/mol. The molecule has 1 rings (SSSR count). The molecular weight excluding hydrogens is 260 g/mol. The van der Waals surface area contributed by atoms with Crippen LogP contribution in [0.1, 0.15) is 46.0 Å². The fourth-order valence-corrected chi connectivity index (χ4v) is 3.79. The minimum absolute atomic E-state index is 0.128. The van der Waals surface area contributed by atoms with Gasteiger partial charge in [0, 0.05) is 18.3 Å². The molecule has 0 bridgehead atoms. The highest BCUT2D eigenvalue weighted by molar-refractivity contribution is 7.91. The van der Waals surface area contributed by atoms with E-state index in [1.807, 2.05) is 0 Å². The molecule has 0 aromatic rings. The predicted octanol–water partition coefficient (Wildman–Crippen LogP) is 1.66. The third kappa shape index (κ3) is 6.23. The summed E-state index contributed by atoms with van der Waals surface area (Å²) in [6.45, 7) is 6.47. The van der Waals surface area contributed by atoms with E-state index in [1.54, 1.807) is 0 Å². The van der Waals surface area contributed by atoms with E-state index in [0.717, 1.165) is 45.2 Å². The second-order valence-electron chi connectivity index (χ2n) is 6.20. The summed E-state index contributed by atoms with van der Waals surface area (Å²) in [5.41, 5.74) is 0. The van der Waals surface area contributed by atoms with Crippen molar-refractivity contribution in [2.75, 3.05) is 26.4 Å². The van der Waals surface area contributed by atoms with Gasteiger partial charge in [0.2, 0.25) is 0 Å². The first kappa shape index (κ1) is 16.9. The molecule has 2 unspecified atom stereocenters. The molecule has 0 radical (unpaired) electrons. The molecule has 1 aliphatic carbocycles. The molecule has 4 nitrogen and oxygen atoms in total.